The fourth-order valence-corrected chi connectivity index (χ4v) is 2.41. The zero-order chi connectivity index (χ0) is 14.5. The molecule has 20 heavy (non-hydrogen) atoms. The van der Waals surface area contributed by atoms with Gasteiger partial charge in [0.05, 0.1) is 18.4 Å². The first kappa shape index (κ1) is 14.6. The summed E-state index contributed by atoms with van der Waals surface area (Å²) < 4.78 is 4.70. The van der Waals surface area contributed by atoms with Crippen LogP contribution in [0.4, 0.5) is 11.5 Å². The van der Waals surface area contributed by atoms with E-state index in [0.29, 0.717) is 23.0 Å². The Balaban J connectivity index is 1.98. The number of aromatic nitrogens is 1. The highest BCUT2D eigenvalue weighted by Crippen LogP contribution is 2.22. The molecular formula is C14H22N4O2. The number of nitrogen functional groups attached to an aromatic ring is 1. The van der Waals surface area contributed by atoms with Crippen molar-refractivity contribution in [1.82, 2.24) is 9.88 Å². The van der Waals surface area contributed by atoms with Crippen LogP contribution < -0.4 is 11.1 Å². The number of pyridine rings is 1. The van der Waals surface area contributed by atoms with Gasteiger partial charge >= 0.3 is 5.97 Å². The van der Waals surface area contributed by atoms with Gasteiger partial charge in [-0.3, -0.25) is 0 Å². The summed E-state index contributed by atoms with van der Waals surface area (Å²) >= 11 is 0. The number of nitrogens with one attached hydrogen (secondary N) is 1. The van der Waals surface area contributed by atoms with E-state index in [1.54, 1.807) is 12.3 Å². The van der Waals surface area contributed by atoms with Crippen molar-refractivity contribution in [3.05, 3.63) is 17.8 Å². The van der Waals surface area contributed by atoms with E-state index in [1.807, 2.05) is 0 Å². The molecule has 0 radical (unpaired) electrons. The Morgan fingerprint density at radius 1 is 1.55 bits per heavy atom. The quantitative estimate of drug-likeness (QED) is 0.806. The van der Waals surface area contributed by atoms with Gasteiger partial charge in [-0.2, -0.15) is 0 Å². The average molecular weight is 278 g/mol. The molecule has 0 amide bonds. The highest BCUT2D eigenvalue weighted by atomic mass is 16.5. The molecule has 0 unspecified atom stereocenters. The summed E-state index contributed by atoms with van der Waals surface area (Å²) in [7, 11) is 3.48. The molecule has 1 aromatic rings. The van der Waals surface area contributed by atoms with Crippen LogP contribution in [-0.2, 0) is 4.74 Å². The number of likely N-dealkylation sites (tertiary alicyclic amines) is 1. The van der Waals surface area contributed by atoms with Crippen LogP contribution in [0.2, 0.25) is 0 Å². The van der Waals surface area contributed by atoms with Crippen LogP contribution in [0.3, 0.4) is 0 Å². The summed E-state index contributed by atoms with van der Waals surface area (Å²) in [6.45, 7) is 3.07. The minimum absolute atomic E-state index is 0.354. The van der Waals surface area contributed by atoms with Gasteiger partial charge < -0.3 is 20.7 Å². The lowest BCUT2D eigenvalue weighted by Crippen LogP contribution is -2.33. The number of nitrogens with zero attached hydrogens (tertiary/aromatic N) is 2. The van der Waals surface area contributed by atoms with Gasteiger partial charge in [0, 0.05) is 12.7 Å². The second-order valence-corrected chi connectivity index (χ2v) is 5.24. The Morgan fingerprint density at radius 2 is 2.25 bits per heavy atom. The zero-order valence-electron chi connectivity index (χ0n) is 12.1. The Hall–Kier alpha value is -1.82. The van der Waals surface area contributed by atoms with Crippen LogP contribution in [0.25, 0.3) is 0 Å². The molecule has 2 rings (SSSR count). The maximum atomic E-state index is 11.6. The molecule has 3 N–H and O–H groups in total. The average Bonchev–Trinajstić information content (AvgIpc) is 2.47. The highest BCUT2D eigenvalue weighted by Gasteiger charge is 2.18. The Morgan fingerprint density at radius 3 is 2.90 bits per heavy atom. The van der Waals surface area contributed by atoms with Crippen molar-refractivity contribution >= 4 is 17.5 Å². The molecule has 0 aromatic carbocycles. The van der Waals surface area contributed by atoms with E-state index in [0.717, 1.165) is 19.6 Å². The number of anilines is 2. The van der Waals surface area contributed by atoms with Crippen molar-refractivity contribution in [2.75, 3.05) is 44.8 Å². The molecular weight excluding hydrogens is 256 g/mol. The van der Waals surface area contributed by atoms with Gasteiger partial charge in [-0.25, -0.2) is 9.78 Å². The van der Waals surface area contributed by atoms with Gasteiger partial charge in [0.15, 0.2) is 0 Å². The molecule has 1 aliphatic heterocycles. The highest BCUT2D eigenvalue weighted by molar-refractivity contribution is 5.97. The van der Waals surface area contributed by atoms with Crippen LogP contribution in [0, 0.1) is 5.92 Å². The molecule has 6 nitrogen and oxygen atoms in total. The maximum absolute atomic E-state index is 11.6. The standard InChI is InChI=1S/C14H22N4O2/c1-18-7-4-10(5-8-18)9-17-13-12(15)11(3-6-16-13)14(19)20-2/h3,6,10H,4-5,7-9,15H2,1-2H3,(H,16,17). The van der Waals surface area contributed by atoms with Crippen molar-refractivity contribution in [1.29, 1.82) is 0 Å². The predicted molar refractivity (Wildman–Crippen MR) is 78.7 cm³/mol. The van der Waals surface area contributed by atoms with Gasteiger partial charge in [0.1, 0.15) is 5.82 Å². The lowest BCUT2D eigenvalue weighted by atomic mass is 9.97. The van der Waals surface area contributed by atoms with Gasteiger partial charge in [0.25, 0.3) is 0 Å². The first-order valence-electron chi connectivity index (χ1n) is 6.87. The van der Waals surface area contributed by atoms with Crippen LogP contribution in [0.1, 0.15) is 23.2 Å². The predicted octanol–water partition coefficient (Wildman–Crippen LogP) is 1.20. The fraction of sp³-hybridized carbons (Fsp3) is 0.571. The van der Waals surface area contributed by atoms with E-state index < -0.39 is 5.97 Å². The molecule has 0 spiro atoms. The number of carbonyl (C=O) groups is 1. The molecule has 0 atom stereocenters. The second-order valence-electron chi connectivity index (χ2n) is 5.24. The summed E-state index contributed by atoms with van der Waals surface area (Å²) in [6.07, 6.45) is 3.90. The van der Waals surface area contributed by atoms with Gasteiger partial charge in [-0.05, 0) is 45.0 Å². The molecule has 1 fully saturated rings. The summed E-state index contributed by atoms with van der Waals surface area (Å²) in [5.41, 5.74) is 6.67. The number of hydrogen-bond acceptors (Lipinski definition) is 6. The number of rotatable bonds is 4. The van der Waals surface area contributed by atoms with Crippen LogP contribution in [0.15, 0.2) is 12.3 Å². The summed E-state index contributed by atoms with van der Waals surface area (Å²) in [6, 6.07) is 1.57. The SMILES string of the molecule is COC(=O)c1ccnc(NCC2CCN(C)CC2)c1N. The first-order chi connectivity index (χ1) is 9.61. The molecule has 6 heteroatoms. The lowest BCUT2D eigenvalue weighted by Gasteiger charge is -2.29. The normalized spacial score (nSPS) is 16.9. The van der Waals surface area contributed by atoms with Gasteiger partial charge in [0.2, 0.25) is 0 Å². The van der Waals surface area contributed by atoms with Crippen molar-refractivity contribution in [3.63, 3.8) is 0 Å². The van der Waals surface area contributed by atoms with Crippen molar-refractivity contribution in [2.24, 2.45) is 5.92 Å². The minimum atomic E-state index is -0.438. The number of esters is 1. The van der Waals surface area contributed by atoms with Crippen molar-refractivity contribution < 1.29 is 9.53 Å². The van der Waals surface area contributed by atoms with E-state index in [9.17, 15) is 4.79 Å². The molecule has 1 aliphatic rings. The molecule has 0 saturated carbocycles. The van der Waals surface area contributed by atoms with Gasteiger partial charge in [-0.1, -0.05) is 0 Å². The van der Waals surface area contributed by atoms with Crippen LogP contribution in [-0.4, -0.2) is 49.6 Å². The van der Waals surface area contributed by atoms with E-state index in [1.165, 1.54) is 20.0 Å². The minimum Gasteiger partial charge on any atom is -0.465 e. The fourth-order valence-electron chi connectivity index (χ4n) is 2.41. The third-order valence-corrected chi connectivity index (χ3v) is 3.79. The number of ether oxygens (including phenoxy) is 1. The van der Waals surface area contributed by atoms with Gasteiger partial charge in [-0.15, -0.1) is 0 Å². The van der Waals surface area contributed by atoms with Crippen molar-refractivity contribution in [3.8, 4) is 0 Å². The third kappa shape index (κ3) is 3.39. The van der Waals surface area contributed by atoms with Crippen molar-refractivity contribution in [2.45, 2.75) is 12.8 Å². The largest absolute Gasteiger partial charge is 0.465 e. The topological polar surface area (TPSA) is 80.5 Å². The smallest absolute Gasteiger partial charge is 0.340 e. The summed E-state index contributed by atoms with van der Waals surface area (Å²) in [5.74, 6) is 0.744. The molecule has 0 bridgehead atoms. The van der Waals surface area contributed by atoms with E-state index in [2.05, 4.69) is 22.2 Å². The number of carbonyl (C=O) groups excluding carboxylic acids is 1. The van der Waals surface area contributed by atoms with Crippen LogP contribution in [0.5, 0.6) is 0 Å². The number of piperidine rings is 1. The lowest BCUT2D eigenvalue weighted by molar-refractivity contribution is 0.0602. The molecule has 110 valence electrons. The Bertz CT molecular complexity index is 470. The summed E-state index contributed by atoms with van der Waals surface area (Å²) in [4.78, 5) is 18.1. The monoisotopic (exact) mass is 278 g/mol. The van der Waals surface area contributed by atoms with E-state index in [4.69, 9.17) is 10.5 Å². The molecule has 1 saturated heterocycles. The van der Waals surface area contributed by atoms with E-state index >= 15 is 0 Å². The third-order valence-electron chi connectivity index (χ3n) is 3.79. The number of hydrogen-bond donors (Lipinski definition) is 2. The molecule has 1 aromatic heterocycles. The number of methoxy groups -OCH3 is 1. The second kappa shape index (κ2) is 6.56. The van der Waals surface area contributed by atoms with E-state index in [-0.39, 0.29) is 0 Å². The zero-order valence-corrected chi connectivity index (χ0v) is 12.1. The molecule has 0 aliphatic carbocycles. The molecule has 2 heterocycles. The summed E-state index contributed by atoms with van der Waals surface area (Å²) in [5, 5.41) is 3.25. The Labute approximate surface area is 119 Å². The number of nitrogens with two attached hydrogens (primary N) is 1. The van der Waals surface area contributed by atoms with Crippen LogP contribution >= 0.6 is 0 Å². The first-order valence-corrected chi connectivity index (χ1v) is 6.87. The Kier molecular flexibility index (Phi) is 4.79. The maximum Gasteiger partial charge on any atom is 0.340 e.